The first-order valence-corrected chi connectivity index (χ1v) is 11.0. The predicted octanol–water partition coefficient (Wildman–Crippen LogP) is 2.06. The van der Waals surface area contributed by atoms with Crippen molar-refractivity contribution in [3.05, 3.63) is 64.0 Å². The zero-order valence-electron chi connectivity index (χ0n) is 15.8. The van der Waals surface area contributed by atoms with E-state index < -0.39 is 9.84 Å². The van der Waals surface area contributed by atoms with Crippen LogP contribution in [0.2, 0.25) is 0 Å². The number of ketones is 1. The fraction of sp³-hybridized carbons (Fsp3) is 0.350. The van der Waals surface area contributed by atoms with Gasteiger partial charge >= 0.3 is 0 Å². The number of nitrogens with zero attached hydrogens (tertiary/aromatic N) is 3. The maximum Gasteiger partial charge on any atom is 0.261 e. The highest BCUT2D eigenvalue weighted by Crippen LogP contribution is 2.29. The molecule has 7 nitrogen and oxygen atoms in total. The molecule has 0 bridgehead atoms. The van der Waals surface area contributed by atoms with Gasteiger partial charge in [0, 0.05) is 23.0 Å². The van der Waals surface area contributed by atoms with E-state index in [1.165, 1.54) is 10.9 Å². The molecule has 1 aliphatic heterocycles. The summed E-state index contributed by atoms with van der Waals surface area (Å²) in [5.41, 5.74) is 2.45. The van der Waals surface area contributed by atoms with Crippen LogP contribution in [0.15, 0.2) is 41.5 Å². The van der Waals surface area contributed by atoms with Crippen LogP contribution in [0.1, 0.15) is 34.2 Å². The lowest BCUT2D eigenvalue weighted by molar-refractivity contribution is 0.0970. The molecule has 3 aromatic rings. The summed E-state index contributed by atoms with van der Waals surface area (Å²) in [6.07, 6.45) is 1.95. The number of Topliss-reactive ketones (excluding diaryl/α,β-unsaturated/α-hetero) is 1. The molecule has 1 atom stereocenters. The van der Waals surface area contributed by atoms with Gasteiger partial charge in [0.05, 0.1) is 35.3 Å². The number of aryl methyl sites for hydroxylation is 1. The van der Waals surface area contributed by atoms with Crippen molar-refractivity contribution in [2.75, 3.05) is 11.5 Å². The highest BCUT2D eigenvalue weighted by Gasteiger charge is 2.31. The Labute approximate surface area is 162 Å². The first-order valence-electron chi connectivity index (χ1n) is 9.13. The topological polar surface area (TPSA) is 91.0 Å². The fourth-order valence-electron chi connectivity index (χ4n) is 4.06. The van der Waals surface area contributed by atoms with Crippen LogP contribution in [0.4, 0.5) is 0 Å². The van der Waals surface area contributed by atoms with Gasteiger partial charge in [0.15, 0.2) is 15.6 Å². The lowest BCUT2D eigenvalue weighted by atomic mass is 10.1. The molecule has 0 radical (unpaired) electrons. The van der Waals surface area contributed by atoms with Crippen LogP contribution in [-0.4, -0.2) is 39.8 Å². The minimum absolute atomic E-state index is 0.102. The van der Waals surface area contributed by atoms with Crippen LogP contribution < -0.4 is 5.56 Å². The Kier molecular flexibility index (Phi) is 4.45. The van der Waals surface area contributed by atoms with Gasteiger partial charge in [0.25, 0.3) is 5.56 Å². The summed E-state index contributed by atoms with van der Waals surface area (Å²) < 4.78 is 26.9. The quantitative estimate of drug-likeness (QED) is 0.626. The van der Waals surface area contributed by atoms with Crippen molar-refractivity contribution in [2.24, 2.45) is 0 Å². The summed E-state index contributed by atoms with van der Waals surface area (Å²) in [5, 5.41) is 0.472. The summed E-state index contributed by atoms with van der Waals surface area (Å²) in [7, 11) is -3.02. The SMILES string of the molecule is Cc1cc(C(=O)Cn2cnc3ccccc3c2=O)c(C)n1[C@@H]1CCS(=O)(=O)C1. The van der Waals surface area contributed by atoms with Gasteiger partial charge in [-0.15, -0.1) is 0 Å². The van der Waals surface area contributed by atoms with Gasteiger partial charge < -0.3 is 4.57 Å². The van der Waals surface area contributed by atoms with Crippen LogP contribution in [0.5, 0.6) is 0 Å². The van der Waals surface area contributed by atoms with E-state index >= 15 is 0 Å². The van der Waals surface area contributed by atoms with Crippen molar-refractivity contribution < 1.29 is 13.2 Å². The molecule has 2 aromatic heterocycles. The number of carbonyl (C=O) groups excluding carboxylic acids is 1. The van der Waals surface area contributed by atoms with Gasteiger partial charge in [-0.1, -0.05) is 12.1 Å². The smallest absolute Gasteiger partial charge is 0.261 e. The second-order valence-corrected chi connectivity index (χ2v) is 9.56. The molecule has 4 rings (SSSR count). The molecule has 1 aliphatic rings. The summed E-state index contributed by atoms with van der Waals surface area (Å²) in [4.78, 5) is 29.8. The minimum Gasteiger partial charge on any atom is -0.344 e. The molecular weight excluding hydrogens is 378 g/mol. The van der Waals surface area contributed by atoms with E-state index in [-0.39, 0.29) is 35.4 Å². The Morgan fingerprint density at radius 3 is 2.71 bits per heavy atom. The molecule has 0 amide bonds. The predicted molar refractivity (Wildman–Crippen MR) is 107 cm³/mol. The molecule has 0 unspecified atom stereocenters. The van der Waals surface area contributed by atoms with Crippen LogP contribution in [0.3, 0.4) is 0 Å². The number of carbonyl (C=O) groups is 1. The Hall–Kier alpha value is -2.74. The molecule has 1 aromatic carbocycles. The second-order valence-electron chi connectivity index (χ2n) is 7.33. The standard InChI is InChI=1S/C20H21N3O4S/c1-13-9-17(14(2)23(13)15-7-8-28(26,27)11-15)19(24)10-22-12-21-18-6-4-3-5-16(18)20(22)25/h3-6,9,12,15H,7-8,10-11H2,1-2H3/t15-/m1/s1. The third-order valence-electron chi connectivity index (χ3n) is 5.40. The Morgan fingerprint density at radius 2 is 2.00 bits per heavy atom. The van der Waals surface area contributed by atoms with Crippen molar-refractivity contribution in [1.82, 2.24) is 14.1 Å². The van der Waals surface area contributed by atoms with Crippen molar-refractivity contribution in [3.8, 4) is 0 Å². The van der Waals surface area contributed by atoms with Gasteiger partial charge in [-0.2, -0.15) is 0 Å². The van der Waals surface area contributed by atoms with E-state index in [1.807, 2.05) is 24.5 Å². The molecule has 0 N–H and O–H groups in total. The summed E-state index contributed by atoms with van der Waals surface area (Å²) in [5.74, 6) is 0.0840. The number of rotatable bonds is 4. The lowest BCUT2D eigenvalue weighted by Crippen LogP contribution is -2.25. The first kappa shape index (κ1) is 18.6. The van der Waals surface area contributed by atoms with Crippen molar-refractivity contribution in [1.29, 1.82) is 0 Å². The molecule has 1 fully saturated rings. The van der Waals surface area contributed by atoms with E-state index in [9.17, 15) is 18.0 Å². The number of aromatic nitrogens is 3. The van der Waals surface area contributed by atoms with Crippen molar-refractivity contribution >= 4 is 26.5 Å². The molecule has 3 heterocycles. The van der Waals surface area contributed by atoms with Crippen molar-refractivity contribution in [3.63, 3.8) is 0 Å². The summed E-state index contributed by atoms with van der Waals surface area (Å²) in [6.45, 7) is 3.59. The minimum atomic E-state index is -3.02. The van der Waals surface area contributed by atoms with E-state index in [2.05, 4.69) is 4.98 Å². The molecule has 146 valence electrons. The van der Waals surface area contributed by atoms with Gasteiger partial charge in [0.1, 0.15) is 0 Å². The average molecular weight is 399 g/mol. The van der Waals surface area contributed by atoms with E-state index in [4.69, 9.17) is 0 Å². The number of sulfone groups is 1. The van der Waals surface area contributed by atoms with E-state index in [0.29, 0.717) is 22.9 Å². The number of benzene rings is 1. The van der Waals surface area contributed by atoms with Gasteiger partial charge in [-0.3, -0.25) is 14.2 Å². The van der Waals surface area contributed by atoms with Crippen LogP contribution in [-0.2, 0) is 16.4 Å². The molecule has 28 heavy (non-hydrogen) atoms. The average Bonchev–Trinajstić information content (AvgIpc) is 3.15. The normalized spacial score (nSPS) is 18.6. The number of fused-ring (bicyclic) bond motifs is 1. The number of hydrogen-bond acceptors (Lipinski definition) is 5. The van der Waals surface area contributed by atoms with Gasteiger partial charge in [-0.05, 0) is 38.5 Å². The zero-order chi connectivity index (χ0) is 20.1. The highest BCUT2D eigenvalue weighted by molar-refractivity contribution is 7.91. The Balaban J connectivity index is 1.66. The van der Waals surface area contributed by atoms with E-state index in [0.717, 1.165) is 11.4 Å². The zero-order valence-corrected chi connectivity index (χ0v) is 16.6. The van der Waals surface area contributed by atoms with Crippen LogP contribution in [0, 0.1) is 13.8 Å². The largest absolute Gasteiger partial charge is 0.344 e. The van der Waals surface area contributed by atoms with Crippen LogP contribution in [0.25, 0.3) is 10.9 Å². The van der Waals surface area contributed by atoms with Gasteiger partial charge in [-0.25, -0.2) is 13.4 Å². The molecule has 8 heteroatoms. The number of hydrogen-bond donors (Lipinski definition) is 0. The highest BCUT2D eigenvalue weighted by atomic mass is 32.2. The first-order chi connectivity index (χ1) is 13.3. The van der Waals surface area contributed by atoms with Crippen LogP contribution >= 0.6 is 0 Å². The Bertz CT molecular complexity index is 1250. The lowest BCUT2D eigenvalue weighted by Gasteiger charge is -2.16. The maximum atomic E-state index is 12.9. The molecular formula is C20H21N3O4S. The second kappa shape index (κ2) is 6.70. The Morgan fingerprint density at radius 1 is 1.25 bits per heavy atom. The monoisotopic (exact) mass is 399 g/mol. The van der Waals surface area contributed by atoms with Crippen molar-refractivity contribution in [2.45, 2.75) is 32.9 Å². The molecule has 0 aliphatic carbocycles. The third kappa shape index (κ3) is 3.17. The number of para-hydroxylation sites is 1. The maximum absolute atomic E-state index is 12.9. The van der Waals surface area contributed by atoms with E-state index in [1.54, 1.807) is 24.3 Å². The third-order valence-corrected chi connectivity index (χ3v) is 7.15. The summed E-state index contributed by atoms with van der Waals surface area (Å²) >= 11 is 0. The molecule has 0 spiro atoms. The van der Waals surface area contributed by atoms with Gasteiger partial charge in [0.2, 0.25) is 0 Å². The summed E-state index contributed by atoms with van der Waals surface area (Å²) in [6, 6.07) is 8.66. The molecule has 1 saturated heterocycles. The molecule has 0 saturated carbocycles. The fourth-order valence-corrected chi connectivity index (χ4v) is 5.76.